The summed E-state index contributed by atoms with van der Waals surface area (Å²) in [4.78, 5) is 6.91. The van der Waals surface area contributed by atoms with E-state index in [0.717, 1.165) is 38.6 Å². The van der Waals surface area contributed by atoms with E-state index in [9.17, 15) is 0 Å². The molecule has 0 aromatic heterocycles. The van der Waals surface area contributed by atoms with Gasteiger partial charge >= 0.3 is 0 Å². The van der Waals surface area contributed by atoms with Crippen LogP contribution in [0, 0.1) is 0 Å². The average molecular weight is 400 g/mol. The molecule has 0 aliphatic rings. The van der Waals surface area contributed by atoms with Crippen molar-refractivity contribution in [2.24, 2.45) is 4.99 Å². The largest absolute Gasteiger partial charge is 0.383 e. The summed E-state index contributed by atoms with van der Waals surface area (Å²) < 4.78 is 5.01. The average Bonchev–Trinajstić information content (AvgIpc) is 2.38. The Balaban J connectivity index is 0. The van der Waals surface area contributed by atoms with Crippen molar-refractivity contribution in [3.05, 3.63) is 0 Å². The number of nitrogens with one attached hydrogen (secondary N) is 2. The first kappa shape index (κ1) is 22.2. The van der Waals surface area contributed by atoms with Crippen molar-refractivity contribution in [1.29, 1.82) is 0 Å². The minimum Gasteiger partial charge on any atom is -0.383 e. The minimum absolute atomic E-state index is 0. The van der Waals surface area contributed by atoms with Gasteiger partial charge in [-0.15, -0.1) is 24.0 Å². The highest BCUT2D eigenvalue weighted by atomic mass is 127. The van der Waals surface area contributed by atoms with Crippen LogP contribution in [0.5, 0.6) is 0 Å². The fourth-order valence-corrected chi connectivity index (χ4v) is 1.54. The molecule has 0 spiro atoms. The summed E-state index contributed by atoms with van der Waals surface area (Å²) in [5.74, 6) is 0.886. The summed E-state index contributed by atoms with van der Waals surface area (Å²) >= 11 is 0. The maximum absolute atomic E-state index is 5.01. The van der Waals surface area contributed by atoms with Crippen LogP contribution in [0.2, 0.25) is 0 Å². The molecule has 0 aromatic rings. The van der Waals surface area contributed by atoms with Gasteiger partial charge in [-0.2, -0.15) is 0 Å². The summed E-state index contributed by atoms with van der Waals surface area (Å²) in [6.45, 7) is 10.9. The van der Waals surface area contributed by atoms with Crippen molar-refractivity contribution < 1.29 is 4.74 Å². The highest BCUT2D eigenvalue weighted by molar-refractivity contribution is 14.0. The van der Waals surface area contributed by atoms with Crippen LogP contribution in [-0.4, -0.2) is 63.8 Å². The highest BCUT2D eigenvalue weighted by Crippen LogP contribution is 1.98. The molecule has 6 heteroatoms. The molecule has 0 bridgehead atoms. The molecule has 0 atom stereocenters. The first-order chi connectivity index (χ1) is 9.11. The molecule has 20 heavy (non-hydrogen) atoms. The van der Waals surface area contributed by atoms with E-state index in [1.165, 1.54) is 6.42 Å². The fourth-order valence-electron chi connectivity index (χ4n) is 1.54. The highest BCUT2D eigenvalue weighted by Gasteiger charge is 2.01. The zero-order valence-electron chi connectivity index (χ0n) is 13.7. The molecular weight excluding hydrogens is 367 g/mol. The van der Waals surface area contributed by atoms with Crippen LogP contribution in [0.15, 0.2) is 4.99 Å². The number of aliphatic imine (C=N–C) groups is 1. The Morgan fingerprint density at radius 1 is 1.25 bits per heavy atom. The van der Waals surface area contributed by atoms with Crippen LogP contribution in [0.4, 0.5) is 0 Å². The van der Waals surface area contributed by atoms with E-state index in [-0.39, 0.29) is 24.0 Å². The second kappa shape index (κ2) is 15.3. The molecule has 5 nitrogen and oxygen atoms in total. The van der Waals surface area contributed by atoms with E-state index >= 15 is 0 Å². The zero-order chi connectivity index (χ0) is 14.5. The smallest absolute Gasteiger partial charge is 0.191 e. The molecule has 0 aliphatic carbocycles. The van der Waals surface area contributed by atoms with Crippen LogP contribution in [0.25, 0.3) is 0 Å². The van der Waals surface area contributed by atoms with Gasteiger partial charge < -0.3 is 20.3 Å². The molecule has 0 saturated carbocycles. The van der Waals surface area contributed by atoms with E-state index in [0.29, 0.717) is 12.6 Å². The Morgan fingerprint density at radius 3 is 2.50 bits per heavy atom. The summed E-state index contributed by atoms with van der Waals surface area (Å²) in [5.41, 5.74) is 0. The lowest BCUT2D eigenvalue weighted by Crippen LogP contribution is -2.39. The van der Waals surface area contributed by atoms with Gasteiger partial charge in [-0.25, -0.2) is 0 Å². The lowest BCUT2D eigenvalue weighted by atomic mass is 10.2. The van der Waals surface area contributed by atoms with Gasteiger partial charge in [0.15, 0.2) is 5.96 Å². The third kappa shape index (κ3) is 12.9. The number of nitrogens with zero attached hydrogens (tertiary/aromatic N) is 2. The molecular formula is C14H33IN4O. The zero-order valence-corrected chi connectivity index (χ0v) is 16.1. The van der Waals surface area contributed by atoms with Crippen molar-refractivity contribution in [3.8, 4) is 0 Å². The molecule has 0 radical (unpaired) electrons. The molecule has 0 amide bonds. The molecule has 0 rings (SSSR count). The normalized spacial score (nSPS) is 11.7. The van der Waals surface area contributed by atoms with E-state index < -0.39 is 0 Å². The van der Waals surface area contributed by atoms with Crippen molar-refractivity contribution in [2.75, 3.05) is 46.9 Å². The molecule has 122 valence electrons. The van der Waals surface area contributed by atoms with E-state index in [4.69, 9.17) is 4.74 Å². The van der Waals surface area contributed by atoms with Gasteiger partial charge in [0.25, 0.3) is 0 Å². The number of unbranched alkanes of at least 4 members (excludes halogenated alkanes) is 1. The first-order valence-electron chi connectivity index (χ1n) is 7.33. The molecule has 0 unspecified atom stereocenters. The molecule has 0 aromatic carbocycles. The Kier molecular flexibility index (Phi) is 17.0. The van der Waals surface area contributed by atoms with Gasteiger partial charge in [0.2, 0.25) is 0 Å². The van der Waals surface area contributed by atoms with Crippen molar-refractivity contribution >= 4 is 29.9 Å². The van der Waals surface area contributed by atoms with Gasteiger partial charge in [-0.3, -0.25) is 4.99 Å². The molecule has 0 fully saturated rings. The summed E-state index contributed by atoms with van der Waals surface area (Å²) in [6, 6.07) is 0.622. The monoisotopic (exact) mass is 400 g/mol. The predicted molar refractivity (Wildman–Crippen MR) is 98.3 cm³/mol. The molecule has 0 aliphatic heterocycles. The topological polar surface area (TPSA) is 48.9 Å². The lowest BCUT2D eigenvalue weighted by molar-refractivity contribution is 0.203. The third-order valence-corrected chi connectivity index (χ3v) is 3.01. The Labute approximate surface area is 141 Å². The number of methoxy groups -OCH3 is 1. The maximum Gasteiger partial charge on any atom is 0.191 e. The Hall–Kier alpha value is -0.0800. The number of rotatable bonds is 10. The number of ether oxygens (including phenoxy) is 1. The predicted octanol–water partition coefficient (Wildman–Crippen LogP) is 1.93. The van der Waals surface area contributed by atoms with Gasteiger partial charge in [0, 0.05) is 32.8 Å². The fraction of sp³-hybridized carbons (Fsp3) is 0.929. The molecule has 0 heterocycles. The van der Waals surface area contributed by atoms with Crippen LogP contribution >= 0.6 is 24.0 Å². The van der Waals surface area contributed by atoms with E-state index in [1.807, 2.05) is 0 Å². The summed E-state index contributed by atoms with van der Waals surface area (Å²) in [5, 5.41) is 6.48. The van der Waals surface area contributed by atoms with Crippen LogP contribution in [-0.2, 0) is 4.74 Å². The number of hydrogen-bond acceptors (Lipinski definition) is 3. The summed E-state index contributed by atoms with van der Waals surface area (Å²) in [7, 11) is 3.88. The quantitative estimate of drug-likeness (QED) is 0.255. The minimum atomic E-state index is 0. The Morgan fingerprint density at radius 2 is 1.95 bits per heavy atom. The molecule has 0 saturated heterocycles. The van der Waals surface area contributed by atoms with Gasteiger partial charge in [-0.05, 0) is 47.2 Å². The SMILES string of the molecule is CCNC(=NCCCCN(C)C(C)C)NCCOC.I. The van der Waals surface area contributed by atoms with Crippen LogP contribution in [0.1, 0.15) is 33.6 Å². The van der Waals surface area contributed by atoms with Crippen molar-refractivity contribution in [2.45, 2.75) is 39.7 Å². The van der Waals surface area contributed by atoms with Crippen LogP contribution in [0.3, 0.4) is 0 Å². The van der Waals surface area contributed by atoms with Gasteiger partial charge in [-0.1, -0.05) is 0 Å². The van der Waals surface area contributed by atoms with E-state index in [2.05, 4.69) is 48.3 Å². The number of guanidine groups is 1. The van der Waals surface area contributed by atoms with Gasteiger partial charge in [0.1, 0.15) is 0 Å². The van der Waals surface area contributed by atoms with E-state index in [1.54, 1.807) is 7.11 Å². The lowest BCUT2D eigenvalue weighted by Gasteiger charge is -2.20. The second-order valence-electron chi connectivity index (χ2n) is 4.96. The second-order valence-corrected chi connectivity index (χ2v) is 4.96. The van der Waals surface area contributed by atoms with Crippen molar-refractivity contribution in [1.82, 2.24) is 15.5 Å². The standard InChI is InChI=1S/C14H32N4O.HI/c1-6-15-14(17-10-12-19-5)16-9-7-8-11-18(4)13(2)3;/h13H,6-12H2,1-5H3,(H2,15,16,17);1H. The van der Waals surface area contributed by atoms with Crippen molar-refractivity contribution in [3.63, 3.8) is 0 Å². The first-order valence-corrected chi connectivity index (χ1v) is 7.33. The summed E-state index contributed by atoms with van der Waals surface area (Å²) in [6.07, 6.45) is 2.31. The third-order valence-electron chi connectivity index (χ3n) is 3.01. The Bertz CT molecular complexity index is 237. The van der Waals surface area contributed by atoms with Gasteiger partial charge in [0.05, 0.1) is 6.61 Å². The van der Waals surface area contributed by atoms with Crippen LogP contribution < -0.4 is 10.6 Å². The maximum atomic E-state index is 5.01. The number of hydrogen-bond donors (Lipinski definition) is 2. The molecule has 2 N–H and O–H groups in total. The number of halogens is 1.